The average molecular weight is 688 g/mol. The lowest BCUT2D eigenvalue weighted by Gasteiger charge is -2.60. The Kier molecular flexibility index (Phi) is 8.56. The quantitative estimate of drug-likeness (QED) is 0.302. The molecule has 0 saturated carbocycles. The number of esters is 1. The molecule has 13 nitrogen and oxygen atoms in total. The summed E-state index contributed by atoms with van der Waals surface area (Å²) in [6, 6.07) is -0.231. The molecule has 6 atom stereocenters. The summed E-state index contributed by atoms with van der Waals surface area (Å²) < 4.78 is 61.9. The second-order valence-electron chi connectivity index (χ2n) is 12.8. The van der Waals surface area contributed by atoms with Gasteiger partial charge >= 0.3 is 18.1 Å². The number of nitriles is 1. The zero-order valence-electron chi connectivity index (χ0n) is 27.7. The molecule has 262 valence electrons. The van der Waals surface area contributed by atoms with Crippen LogP contribution in [0.3, 0.4) is 0 Å². The van der Waals surface area contributed by atoms with Crippen molar-refractivity contribution in [1.29, 1.82) is 5.26 Å². The summed E-state index contributed by atoms with van der Waals surface area (Å²) in [5, 5.41) is 26.7. The number of benzene rings is 2. The van der Waals surface area contributed by atoms with E-state index in [1.54, 1.807) is 12.2 Å². The van der Waals surface area contributed by atoms with Crippen LogP contribution in [0.1, 0.15) is 59.3 Å². The minimum Gasteiger partial charge on any atom is -0.504 e. The molecule has 4 heterocycles. The number of phenols is 1. The highest BCUT2D eigenvalue weighted by Crippen LogP contribution is 2.58. The molecule has 0 radical (unpaired) electrons. The lowest BCUT2D eigenvalue weighted by Crippen LogP contribution is -2.69. The standard InChI is InChI=1S/C33H36F3N5O8/c1-13-7-17-8-19-21(10-37)41-20(25(40(19)5)23(17)26(43)27(13)46-6)9-18-24(30-29(47-12-48-30)14(2)28(18)49-16(4)42)22(41)11-38-31(44)15(3)39-32(45)33(34,35)36/h7,15,19-22,25,43H,8-9,11-12H2,1-6H3,(H,38,44)(H,39,45)/t15-,19-,20?,21+,22+,25+/m1/s1. The van der Waals surface area contributed by atoms with Crippen LogP contribution in [-0.4, -0.2) is 90.5 Å². The van der Waals surface area contributed by atoms with Gasteiger partial charge in [0, 0.05) is 47.8 Å². The lowest BCUT2D eigenvalue weighted by atomic mass is 9.71. The number of alkyl halides is 3. The van der Waals surface area contributed by atoms with E-state index in [1.807, 2.05) is 29.8 Å². The number of rotatable bonds is 6. The van der Waals surface area contributed by atoms with Crippen LogP contribution in [0.4, 0.5) is 13.2 Å². The number of nitrogens with zero attached hydrogens (tertiary/aromatic N) is 3. The number of nitrogens with one attached hydrogen (secondary N) is 2. The van der Waals surface area contributed by atoms with Gasteiger partial charge in [0.2, 0.25) is 12.7 Å². The Labute approximate surface area is 279 Å². The van der Waals surface area contributed by atoms with Gasteiger partial charge in [0.05, 0.1) is 25.3 Å². The number of fused-ring (bicyclic) bond motifs is 9. The van der Waals surface area contributed by atoms with Gasteiger partial charge in [-0.05, 0) is 51.8 Å². The molecular weight excluding hydrogens is 651 g/mol. The van der Waals surface area contributed by atoms with Crippen LogP contribution in [0.25, 0.3) is 0 Å². The number of amides is 2. The maximum atomic E-state index is 13.2. The van der Waals surface area contributed by atoms with Gasteiger partial charge < -0.3 is 34.7 Å². The van der Waals surface area contributed by atoms with Gasteiger partial charge in [-0.25, -0.2) is 0 Å². The minimum absolute atomic E-state index is 0.0323. The van der Waals surface area contributed by atoms with Crippen LogP contribution in [-0.2, 0) is 27.2 Å². The molecule has 3 N–H and O–H groups in total. The molecular formula is C33H36F3N5O8. The number of halogens is 3. The van der Waals surface area contributed by atoms with Gasteiger partial charge in [-0.15, -0.1) is 0 Å². The van der Waals surface area contributed by atoms with Crippen molar-refractivity contribution >= 4 is 17.8 Å². The summed E-state index contributed by atoms with van der Waals surface area (Å²) in [5.41, 5.74) is 3.76. The fourth-order valence-electron chi connectivity index (χ4n) is 8.01. The van der Waals surface area contributed by atoms with Gasteiger partial charge in [0.1, 0.15) is 17.8 Å². The third-order valence-corrected chi connectivity index (χ3v) is 9.98. The summed E-state index contributed by atoms with van der Waals surface area (Å²) in [4.78, 5) is 41.2. The Hall–Kier alpha value is -4.75. The van der Waals surface area contributed by atoms with Crippen molar-refractivity contribution in [3.8, 4) is 34.8 Å². The molecule has 16 heteroatoms. The Morgan fingerprint density at radius 2 is 1.84 bits per heavy atom. The summed E-state index contributed by atoms with van der Waals surface area (Å²) in [6.07, 6.45) is -4.57. The van der Waals surface area contributed by atoms with Crippen LogP contribution in [0.2, 0.25) is 0 Å². The predicted octanol–water partition coefficient (Wildman–Crippen LogP) is 2.63. The van der Waals surface area contributed by atoms with E-state index in [0.29, 0.717) is 45.9 Å². The summed E-state index contributed by atoms with van der Waals surface area (Å²) in [7, 11) is 3.34. The van der Waals surface area contributed by atoms with Gasteiger partial charge in [-0.2, -0.15) is 18.4 Å². The fraction of sp³-hybridized carbons (Fsp3) is 0.515. The first kappa shape index (κ1) is 34.1. The zero-order chi connectivity index (χ0) is 35.7. The number of hydrogen-bond acceptors (Lipinski definition) is 11. The van der Waals surface area contributed by atoms with Crippen molar-refractivity contribution in [2.45, 2.75) is 83.0 Å². The van der Waals surface area contributed by atoms with Gasteiger partial charge in [-0.3, -0.25) is 24.2 Å². The Morgan fingerprint density at radius 1 is 1.14 bits per heavy atom. The van der Waals surface area contributed by atoms with Crippen molar-refractivity contribution in [3.05, 3.63) is 39.4 Å². The number of piperazine rings is 1. The number of likely N-dealkylation sites (N-methyl/N-ethyl adjacent to an activating group) is 1. The maximum absolute atomic E-state index is 13.2. The molecule has 4 aliphatic rings. The van der Waals surface area contributed by atoms with E-state index in [4.69, 9.17) is 18.9 Å². The molecule has 2 bridgehead atoms. The second kappa shape index (κ2) is 12.3. The van der Waals surface area contributed by atoms with E-state index in [-0.39, 0.29) is 37.3 Å². The number of aromatic hydroxyl groups is 1. The van der Waals surface area contributed by atoms with Crippen molar-refractivity contribution in [1.82, 2.24) is 20.4 Å². The lowest BCUT2D eigenvalue weighted by molar-refractivity contribution is -0.174. The number of aryl methyl sites for hydroxylation is 1. The predicted molar refractivity (Wildman–Crippen MR) is 164 cm³/mol. The van der Waals surface area contributed by atoms with Crippen LogP contribution in [0, 0.1) is 25.2 Å². The Morgan fingerprint density at radius 3 is 2.47 bits per heavy atom. The van der Waals surface area contributed by atoms with E-state index >= 15 is 0 Å². The molecule has 0 aliphatic carbocycles. The molecule has 1 saturated heterocycles. The number of phenolic OH excluding ortho intramolecular Hbond substituents is 1. The summed E-state index contributed by atoms with van der Waals surface area (Å²) in [5.74, 6) is -2.58. The molecule has 2 aromatic carbocycles. The highest BCUT2D eigenvalue weighted by atomic mass is 19.4. The van der Waals surface area contributed by atoms with E-state index in [0.717, 1.165) is 18.1 Å². The molecule has 4 aliphatic heterocycles. The molecule has 6 rings (SSSR count). The fourth-order valence-corrected chi connectivity index (χ4v) is 8.01. The number of carbonyl (C=O) groups excluding carboxylic acids is 3. The molecule has 1 fully saturated rings. The molecule has 0 aromatic heterocycles. The van der Waals surface area contributed by atoms with E-state index in [2.05, 4.69) is 11.4 Å². The van der Waals surface area contributed by atoms with Gasteiger partial charge in [-0.1, -0.05) is 6.07 Å². The third kappa shape index (κ3) is 5.45. The highest BCUT2D eigenvalue weighted by Gasteiger charge is 2.57. The number of methoxy groups -OCH3 is 1. The van der Waals surface area contributed by atoms with Crippen LogP contribution in [0.5, 0.6) is 28.7 Å². The number of ether oxygens (including phenoxy) is 4. The molecule has 2 aromatic rings. The van der Waals surface area contributed by atoms with Crippen molar-refractivity contribution in [2.75, 3.05) is 27.5 Å². The molecule has 1 unspecified atom stereocenters. The number of hydrogen-bond donors (Lipinski definition) is 3. The first-order chi connectivity index (χ1) is 23.1. The minimum atomic E-state index is -5.19. The molecule has 49 heavy (non-hydrogen) atoms. The van der Waals surface area contributed by atoms with Crippen molar-refractivity contribution < 1.29 is 51.6 Å². The normalized spacial score (nSPS) is 24.4. The Bertz CT molecular complexity index is 1790. The topological polar surface area (TPSA) is 163 Å². The van der Waals surface area contributed by atoms with Gasteiger partial charge in [0.15, 0.2) is 23.0 Å². The first-order valence-electron chi connectivity index (χ1n) is 15.7. The van der Waals surface area contributed by atoms with Crippen LogP contribution < -0.4 is 29.6 Å². The van der Waals surface area contributed by atoms with Crippen LogP contribution >= 0.6 is 0 Å². The molecule has 0 spiro atoms. The first-order valence-corrected chi connectivity index (χ1v) is 15.7. The largest absolute Gasteiger partial charge is 0.504 e. The zero-order valence-corrected chi connectivity index (χ0v) is 27.7. The average Bonchev–Trinajstić information content (AvgIpc) is 3.52. The van der Waals surface area contributed by atoms with Gasteiger partial charge in [0.25, 0.3) is 0 Å². The second-order valence-corrected chi connectivity index (χ2v) is 12.8. The maximum Gasteiger partial charge on any atom is 0.471 e. The van der Waals surface area contributed by atoms with Crippen molar-refractivity contribution in [2.24, 2.45) is 0 Å². The van der Waals surface area contributed by atoms with Crippen LogP contribution in [0.15, 0.2) is 6.07 Å². The third-order valence-electron chi connectivity index (χ3n) is 9.98. The van der Waals surface area contributed by atoms with E-state index < -0.39 is 54.2 Å². The van der Waals surface area contributed by atoms with E-state index in [9.17, 15) is 37.9 Å². The number of carbonyl (C=O) groups is 3. The monoisotopic (exact) mass is 687 g/mol. The smallest absolute Gasteiger partial charge is 0.471 e. The van der Waals surface area contributed by atoms with Crippen molar-refractivity contribution in [3.63, 3.8) is 0 Å². The SMILES string of the molecule is COc1c(C)cc2c(c1O)[C@@H]1C3Cc4c(OC(C)=O)c(C)c5c(c4[C@H](CNC(=O)[C@@H](C)NC(=O)C(F)(F)F)N3[C@@H](C#N)[C@@H](C2)N1C)OCO5. The highest BCUT2D eigenvalue weighted by molar-refractivity contribution is 5.89. The Balaban J connectivity index is 1.52. The van der Waals surface area contributed by atoms with E-state index in [1.165, 1.54) is 14.0 Å². The molecule has 2 amide bonds. The summed E-state index contributed by atoms with van der Waals surface area (Å²) >= 11 is 0. The summed E-state index contributed by atoms with van der Waals surface area (Å²) in [6.45, 7) is 5.55.